The highest BCUT2D eigenvalue weighted by atomic mass is 16.2. The highest BCUT2D eigenvalue weighted by molar-refractivity contribution is 5.96. The molecule has 4 N–H and O–H groups in total. The van der Waals surface area contributed by atoms with E-state index >= 15 is 0 Å². The molecule has 0 bridgehead atoms. The molecule has 0 radical (unpaired) electrons. The van der Waals surface area contributed by atoms with Crippen LogP contribution in [-0.2, 0) is 7.05 Å². The predicted octanol–water partition coefficient (Wildman–Crippen LogP) is 1.51. The molecule has 2 fully saturated rings. The average molecular weight is 477 g/mol. The number of nitrogens with two attached hydrogens (primary N) is 1. The fourth-order valence-corrected chi connectivity index (χ4v) is 4.37. The molecule has 182 valence electrons. The Morgan fingerprint density at radius 2 is 1.97 bits per heavy atom. The van der Waals surface area contributed by atoms with Crippen molar-refractivity contribution in [3.63, 3.8) is 0 Å². The fourth-order valence-electron chi connectivity index (χ4n) is 4.37. The van der Waals surface area contributed by atoms with Gasteiger partial charge in [0.05, 0.1) is 11.9 Å². The third kappa shape index (κ3) is 4.91. The van der Waals surface area contributed by atoms with Crippen LogP contribution in [0.2, 0.25) is 0 Å². The zero-order valence-corrected chi connectivity index (χ0v) is 19.7. The van der Waals surface area contributed by atoms with E-state index in [1.54, 1.807) is 36.4 Å². The number of carbonyl (C=O) groups excluding carboxylic acids is 2. The van der Waals surface area contributed by atoms with Gasteiger partial charge < -0.3 is 21.3 Å². The van der Waals surface area contributed by atoms with Gasteiger partial charge in [-0.2, -0.15) is 10.1 Å². The largest absolute Gasteiger partial charge is 0.364 e. The lowest BCUT2D eigenvalue weighted by molar-refractivity contribution is 0.0918. The molecular formula is C23H28N10O2. The van der Waals surface area contributed by atoms with Crippen LogP contribution in [0.3, 0.4) is 0 Å². The highest BCUT2D eigenvalue weighted by Gasteiger charge is 2.32. The Hall–Kier alpha value is -4.09. The van der Waals surface area contributed by atoms with Crippen molar-refractivity contribution in [3.05, 3.63) is 47.7 Å². The maximum Gasteiger partial charge on any atom is 0.273 e. The maximum absolute atomic E-state index is 12.9. The summed E-state index contributed by atoms with van der Waals surface area (Å²) in [5.74, 6) is 0.209. The van der Waals surface area contributed by atoms with E-state index in [2.05, 4.69) is 35.9 Å². The number of hydrogen-bond donors (Lipinski definition) is 3. The second kappa shape index (κ2) is 9.28. The van der Waals surface area contributed by atoms with Gasteiger partial charge >= 0.3 is 0 Å². The van der Waals surface area contributed by atoms with Gasteiger partial charge in [-0.3, -0.25) is 19.3 Å². The van der Waals surface area contributed by atoms with E-state index < -0.39 is 5.91 Å². The van der Waals surface area contributed by atoms with Crippen molar-refractivity contribution in [3.8, 4) is 0 Å². The van der Waals surface area contributed by atoms with E-state index in [0.717, 1.165) is 12.8 Å². The number of carbonyl (C=O) groups is 2. The summed E-state index contributed by atoms with van der Waals surface area (Å²) in [5.41, 5.74) is 7.66. The summed E-state index contributed by atoms with van der Waals surface area (Å²) in [6.07, 6.45) is 9.19. The zero-order valence-electron chi connectivity index (χ0n) is 19.7. The monoisotopic (exact) mass is 476 g/mol. The lowest BCUT2D eigenvalue weighted by Crippen LogP contribution is -2.54. The van der Waals surface area contributed by atoms with E-state index in [-0.39, 0.29) is 29.5 Å². The van der Waals surface area contributed by atoms with Gasteiger partial charge in [0.25, 0.3) is 11.8 Å². The van der Waals surface area contributed by atoms with Crippen LogP contribution in [0.1, 0.15) is 65.1 Å². The van der Waals surface area contributed by atoms with Crippen LogP contribution in [0.15, 0.2) is 30.7 Å². The molecule has 3 aromatic rings. The number of anilines is 3. The first kappa shape index (κ1) is 22.7. The first-order valence-corrected chi connectivity index (χ1v) is 11.7. The normalized spacial score (nSPS) is 19.9. The number of primary amides is 1. The lowest BCUT2D eigenvalue weighted by atomic mass is 9.97. The SMILES string of the molecule is C[C@@H]1[C@H](NC(=O)c2ccc(C3CC3)cn2)CCCN1c1nnc(C(N)=O)c(Nc2cnn(C)c2)n1. The highest BCUT2D eigenvalue weighted by Crippen LogP contribution is 2.39. The number of nitrogens with zero attached hydrogens (tertiary/aromatic N) is 7. The van der Waals surface area contributed by atoms with E-state index in [0.29, 0.717) is 29.8 Å². The third-order valence-electron chi connectivity index (χ3n) is 6.51. The molecule has 2 amide bonds. The molecule has 12 nitrogen and oxygen atoms in total. The van der Waals surface area contributed by atoms with Crippen LogP contribution in [0, 0.1) is 0 Å². The van der Waals surface area contributed by atoms with Crippen molar-refractivity contribution in [1.82, 2.24) is 35.3 Å². The number of rotatable bonds is 7. The van der Waals surface area contributed by atoms with Crippen molar-refractivity contribution < 1.29 is 9.59 Å². The minimum atomic E-state index is -0.736. The van der Waals surface area contributed by atoms with E-state index in [9.17, 15) is 9.59 Å². The van der Waals surface area contributed by atoms with Crippen molar-refractivity contribution in [2.45, 2.75) is 50.6 Å². The van der Waals surface area contributed by atoms with E-state index in [4.69, 9.17) is 5.73 Å². The number of nitrogens with one attached hydrogen (secondary N) is 2. The molecule has 3 aromatic heterocycles. The molecule has 0 aromatic carbocycles. The van der Waals surface area contributed by atoms with Gasteiger partial charge in [-0.25, -0.2) is 0 Å². The molecule has 1 aliphatic heterocycles. The van der Waals surface area contributed by atoms with Gasteiger partial charge in [0, 0.05) is 38.1 Å². The van der Waals surface area contributed by atoms with Crippen molar-refractivity contribution >= 4 is 29.3 Å². The first-order valence-electron chi connectivity index (χ1n) is 11.7. The van der Waals surface area contributed by atoms with E-state index in [1.165, 1.54) is 18.4 Å². The Bertz CT molecular complexity index is 1240. The second-order valence-corrected chi connectivity index (χ2v) is 9.11. The predicted molar refractivity (Wildman–Crippen MR) is 128 cm³/mol. The number of hydrogen-bond acceptors (Lipinski definition) is 9. The molecule has 0 unspecified atom stereocenters. The van der Waals surface area contributed by atoms with Crippen LogP contribution in [-0.4, -0.2) is 60.4 Å². The Labute approximate surface area is 202 Å². The smallest absolute Gasteiger partial charge is 0.273 e. The van der Waals surface area contributed by atoms with Gasteiger partial charge in [0.1, 0.15) is 5.69 Å². The van der Waals surface area contributed by atoms with Crippen molar-refractivity contribution in [1.29, 1.82) is 0 Å². The van der Waals surface area contributed by atoms with Crippen LogP contribution in [0.25, 0.3) is 0 Å². The topological polar surface area (TPSA) is 157 Å². The molecule has 2 aliphatic rings. The Balaban J connectivity index is 1.32. The molecule has 0 spiro atoms. The van der Waals surface area contributed by atoms with Crippen LogP contribution in [0.4, 0.5) is 17.5 Å². The summed E-state index contributed by atoms with van der Waals surface area (Å²) in [5, 5.41) is 18.5. The maximum atomic E-state index is 12.9. The summed E-state index contributed by atoms with van der Waals surface area (Å²) in [7, 11) is 1.78. The standard InChI is InChI=1S/C23H28N10O2/c1-13-17(28-22(35)18-8-7-15(10-25-18)14-5-6-14)4-3-9-33(13)23-29-21(19(20(24)34)30-31-23)27-16-11-26-32(2)12-16/h7-8,10-14,17H,3-6,9H2,1-2H3,(H2,24,34)(H,28,35)(H,27,29,31)/t13-,17-/m1/s1. The molecule has 12 heteroatoms. The summed E-state index contributed by atoms with van der Waals surface area (Å²) >= 11 is 0. The average Bonchev–Trinajstić information content (AvgIpc) is 3.62. The van der Waals surface area contributed by atoms with Crippen LogP contribution < -0.4 is 21.3 Å². The molecule has 35 heavy (non-hydrogen) atoms. The molecular weight excluding hydrogens is 448 g/mol. The molecule has 4 heterocycles. The Kier molecular flexibility index (Phi) is 6.01. The molecule has 1 aliphatic carbocycles. The molecule has 1 saturated heterocycles. The van der Waals surface area contributed by atoms with Gasteiger partial charge in [0.15, 0.2) is 11.5 Å². The van der Waals surface area contributed by atoms with Crippen molar-refractivity contribution in [2.24, 2.45) is 12.8 Å². The minimum Gasteiger partial charge on any atom is -0.364 e. The lowest BCUT2D eigenvalue weighted by Gasteiger charge is -2.39. The molecule has 1 saturated carbocycles. The zero-order chi connectivity index (χ0) is 24.5. The quantitative estimate of drug-likeness (QED) is 0.460. The van der Waals surface area contributed by atoms with Gasteiger partial charge in [-0.05, 0) is 50.2 Å². The number of piperidine rings is 1. The third-order valence-corrected chi connectivity index (χ3v) is 6.51. The minimum absolute atomic E-state index is 0.0622. The summed E-state index contributed by atoms with van der Waals surface area (Å²) in [6, 6.07) is 3.55. The number of amides is 2. The van der Waals surface area contributed by atoms with E-state index in [1.807, 2.05) is 17.9 Å². The fraction of sp³-hybridized carbons (Fsp3) is 0.435. The van der Waals surface area contributed by atoms with Crippen LogP contribution in [0.5, 0.6) is 0 Å². The second-order valence-electron chi connectivity index (χ2n) is 9.11. The number of pyridine rings is 1. The Morgan fingerprint density at radius 3 is 2.63 bits per heavy atom. The molecule has 2 atom stereocenters. The summed E-state index contributed by atoms with van der Waals surface area (Å²) in [6.45, 7) is 2.69. The van der Waals surface area contributed by atoms with Crippen molar-refractivity contribution in [2.75, 3.05) is 16.8 Å². The summed E-state index contributed by atoms with van der Waals surface area (Å²) < 4.78 is 1.62. The van der Waals surface area contributed by atoms with Gasteiger partial charge in [-0.15, -0.1) is 10.2 Å². The number of aryl methyl sites for hydroxylation is 1. The van der Waals surface area contributed by atoms with Gasteiger partial charge in [-0.1, -0.05) is 6.07 Å². The summed E-state index contributed by atoms with van der Waals surface area (Å²) in [4.78, 5) is 35.7. The number of aromatic nitrogens is 6. The first-order chi connectivity index (χ1) is 16.9. The molecule has 5 rings (SSSR count). The van der Waals surface area contributed by atoms with Gasteiger partial charge in [0.2, 0.25) is 5.95 Å². The van der Waals surface area contributed by atoms with Crippen LogP contribution >= 0.6 is 0 Å². The Morgan fingerprint density at radius 1 is 1.14 bits per heavy atom.